The molecule has 0 aliphatic carbocycles. The zero-order valence-corrected chi connectivity index (χ0v) is 31.0. The summed E-state index contributed by atoms with van der Waals surface area (Å²) >= 11 is 0. The van der Waals surface area contributed by atoms with Crippen molar-refractivity contribution in [2.75, 3.05) is 0 Å². The molecule has 57 heavy (non-hydrogen) atoms. The Bertz CT molecular complexity index is 3430. The van der Waals surface area contributed by atoms with Gasteiger partial charge >= 0.3 is 0 Å². The number of benzene rings is 10. The highest BCUT2D eigenvalue weighted by Crippen LogP contribution is 2.46. The van der Waals surface area contributed by atoms with E-state index < -0.39 is 0 Å². The van der Waals surface area contributed by atoms with Gasteiger partial charge in [-0.3, -0.25) is 4.98 Å². The summed E-state index contributed by atoms with van der Waals surface area (Å²) in [7, 11) is 0. The van der Waals surface area contributed by atoms with Crippen molar-refractivity contribution in [2.45, 2.75) is 0 Å². The molecule has 10 aromatic carbocycles. The van der Waals surface area contributed by atoms with Crippen LogP contribution in [0.4, 0.5) is 0 Å². The SMILES string of the molecule is c1ccc(-c2cc(-c3ccccc3)cc(-n3c4cc(-c5ccc6ccccc6c5)cnc4c4c5ccc6ccc(-c7ccccc7)c7ccc(cc43)c5c67)c2)cc1. The van der Waals surface area contributed by atoms with Crippen LogP contribution in [0.2, 0.25) is 0 Å². The van der Waals surface area contributed by atoms with Crippen molar-refractivity contribution in [3.63, 3.8) is 0 Å². The lowest BCUT2D eigenvalue weighted by molar-refractivity contribution is 1.18. The van der Waals surface area contributed by atoms with Crippen LogP contribution >= 0.6 is 0 Å². The Morgan fingerprint density at radius 3 is 1.65 bits per heavy atom. The van der Waals surface area contributed by atoms with Crippen LogP contribution in [0.3, 0.4) is 0 Å². The van der Waals surface area contributed by atoms with Crippen LogP contribution in [-0.2, 0) is 0 Å². The van der Waals surface area contributed by atoms with Gasteiger partial charge in [0.1, 0.15) is 0 Å². The summed E-state index contributed by atoms with van der Waals surface area (Å²) in [6.07, 6.45) is 2.07. The van der Waals surface area contributed by atoms with E-state index in [1.165, 1.54) is 81.9 Å². The number of hydrogen-bond donors (Lipinski definition) is 0. The lowest BCUT2D eigenvalue weighted by Crippen LogP contribution is -1.97. The molecular weight excluding hydrogens is 689 g/mol. The van der Waals surface area contributed by atoms with Gasteiger partial charge in [-0.1, -0.05) is 164 Å². The molecule has 12 rings (SSSR count). The standard InChI is InChI=1S/C55H34N2/c1-4-12-35(13-5-1)43-29-44(36-14-6-2-7-15-36)31-46(30-43)57-50-32-42-24-26-48-47(38-17-8-3-9-18-38)25-22-39-23-27-49(53(42)52(39)48)54(50)55-51(57)33-45(34-56-55)41-21-20-37-16-10-11-19-40(37)28-41/h1-34H. The lowest BCUT2D eigenvalue weighted by Gasteiger charge is -2.16. The molecule has 0 amide bonds. The third kappa shape index (κ3) is 5.01. The Labute approximate surface area is 329 Å². The molecule has 2 nitrogen and oxygen atoms in total. The third-order valence-corrected chi connectivity index (χ3v) is 11.9. The van der Waals surface area contributed by atoms with Crippen LogP contribution < -0.4 is 0 Å². The van der Waals surface area contributed by atoms with Crippen molar-refractivity contribution in [1.29, 1.82) is 0 Å². The third-order valence-electron chi connectivity index (χ3n) is 11.9. The summed E-state index contributed by atoms with van der Waals surface area (Å²) in [6.45, 7) is 0. The van der Waals surface area contributed by atoms with E-state index in [1.807, 2.05) is 0 Å². The Morgan fingerprint density at radius 1 is 0.316 bits per heavy atom. The van der Waals surface area contributed by atoms with Crippen molar-refractivity contribution in [1.82, 2.24) is 9.55 Å². The fourth-order valence-corrected chi connectivity index (χ4v) is 9.24. The summed E-state index contributed by atoms with van der Waals surface area (Å²) in [5, 5.41) is 11.2. The topological polar surface area (TPSA) is 17.8 Å². The summed E-state index contributed by atoms with van der Waals surface area (Å²) < 4.78 is 2.46. The molecule has 2 aromatic heterocycles. The van der Waals surface area contributed by atoms with Crippen molar-refractivity contribution >= 4 is 65.0 Å². The molecule has 0 N–H and O–H groups in total. The van der Waals surface area contributed by atoms with Gasteiger partial charge in [-0.15, -0.1) is 0 Å². The van der Waals surface area contributed by atoms with Crippen LogP contribution in [0.5, 0.6) is 0 Å². The molecule has 264 valence electrons. The van der Waals surface area contributed by atoms with E-state index in [0.29, 0.717) is 0 Å². The van der Waals surface area contributed by atoms with Crippen molar-refractivity contribution < 1.29 is 0 Å². The van der Waals surface area contributed by atoms with Gasteiger partial charge in [-0.05, 0) is 118 Å². The summed E-state index contributed by atoms with van der Waals surface area (Å²) in [5.74, 6) is 0. The highest BCUT2D eigenvalue weighted by atomic mass is 15.0. The zero-order chi connectivity index (χ0) is 37.5. The first-order valence-corrected chi connectivity index (χ1v) is 19.6. The molecule has 2 heteroatoms. The highest BCUT2D eigenvalue weighted by molar-refractivity contribution is 6.33. The fraction of sp³-hybridized carbons (Fsp3) is 0. The number of hydrogen-bond acceptors (Lipinski definition) is 1. The van der Waals surface area contributed by atoms with E-state index in [0.717, 1.165) is 33.4 Å². The van der Waals surface area contributed by atoms with Crippen LogP contribution in [0, 0.1) is 0 Å². The van der Waals surface area contributed by atoms with Gasteiger partial charge in [0.15, 0.2) is 0 Å². The summed E-state index contributed by atoms with van der Waals surface area (Å²) in [5.41, 5.74) is 13.8. The molecule has 12 aromatic rings. The van der Waals surface area contributed by atoms with Gasteiger partial charge in [-0.2, -0.15) is 0 Å². The second-order valence-electron chi connectivity index (χ2n) is 15.2. The summed E-state index contributed by atoms with van der Waals surface area (Å²) in [4.78, 5) is 5.40. The molecular formula is C55H34N2. The number of pyridine rings is 1. The maximum Gasteiger partial charge on any atom is 0.0970 e. The van der Waals surface area contributed by atoms with E-state index in [-0.39, 0.29) is 0 Å². The lowest BCUT2D eigenvalue weighted by atomic mass is 9.89. The highest BCUT2D eigenvalue weighted by Gasteiger charge is 2.22. The van der Waals surface area contributed by atoms with Crippen molar-refractivity contribution in [2.24, 2.45) is 0 Å². The number of nitrogens with zero attached hydrogens (tertiary/aromatic N) is 2. The van der Waals surface area contributed by atoms with Gasteiger partial charge < -0.3 is 4.57 Å². The van der Waals surface area contributed by atoms with Crippen LogP contribution in [0.25, 0.3) is 115 Å². The molecule has 0 spiro atoms. The second-order valence-corrected chi connectivity index (χ2v) is 15.2. The molecule has 2 heterocycles. The van der Waals surface area contributed by atoms with E-state index in [9.17, 15) is 0 Å². The average Bonchev–Trinajstić information content (AvgIpc) is 3.62. The van der Waals surface area contributed by atoms with Crippen molar-refractivity contribution in [3.8, 4) is 50.2 Å². The minimum Gasteiger partial charge on any atom is -0.308 e. The Balaban J connectivity index is 1.20. The smallest absolute Gasteiger partial charge is 0.0970 e. The molecule has 0 saturated heterocycles. The zero-order valence-electron chi connectivity index (χ0n) is 31.0. The largest absolute Gasteiger partial charge is 0.308 e. The molecule has 0 aliphatic rings. The molecule has 0 radical (unpaired) electrons. The molecule has 0 bridgehead atoms. The van der Waals surface area contributed by atoms with E-state index in [2.05, 4.69) is 211 Å². The first-order valence-electron chi connectivity index (χ1n) is 19.6. The van der Waals surface area contributed by atoms with E-state index in [4.69, 9.17) is 4.98 Å². The fourth-order valence-electron chi connectivity index (χ4n) is 9.24. The second kappa shape index (κ2) is 12.5. The Kier molecular flexibility index (Phi) is 6.96. The van der Waals surface area contributed by atoms with Gasteiger partial charge in [-0.25, -0.2) is 0 Å². The summed E-state index contributed by atoms with van der Waals surface area (Å²) in [6, 6.07) is 73.1. The predicted octanol–water partition coefficient (Wildman–Crippen LogP) is 14.9. The van der Waals surface area contributed by atoms with Crippen LogP contribution in [0.15, 0.2) is 206 Å². The molecule has 0 aliphatic heterocycles. The molecule has 0 atom stereocenters. The monoisotopic (exact) mass is 722 g/mol. The Morgan fingerprint density at radius 2 is 0.912 bits per heavy atom. The first-order chi connectivity index (χ1) is 28.2. The first kappa shape index (κ1) is 31.8. The number of aromatic nitrogens is 2. The van der Waals surface area contributed by atoms with Gasteiger partial charge in [0.2, 0.25) is 0 Å². The molecule has 0 unspecified atom stereocenters. The Hall–Kier alpha value is -7.55. The minimum absolute atomic E-state index is 1.00. The van der Waals surface area contributed by atoms with Gasteiger partial charge in [0.25, 0.3) is 0 Å². The molecule has 0 fully saturated rings. The van der Waals surface area contributed by atoms with E-state index >= 15 is 0 Å². The van der Waals surface area contributed by atoms with Gasteiger partial charge in [0.05, 0.1) is 16.6 Å². The van der Waals surface area contributed by atoms with Gasteiger partial charge in [0, 0.05) is 22.8 Å². The van der Waals surface area contributed by atoms with Crippen LogP contribution in [0.1, 0.15) is 0 Å². The van der Waals surface area contributed by atoms with Crippen molar-refractivity contribution in [3.05, 3.63) is 206 Å². The average molecular weight is 723 g/mol. The van der Waals surface area contributed by atoms with Crippen LogP contribution in [-0.4, -0.2) is 9.55 Å². The maximum atomic E-state index is 5.40. The number of fused-ring (bicyclic) bond motifs is 5. The van der Waals surface area contributed by atoms with E-state index in [1.54, 1.807) is 0 Å². The normalized spacial score (nSPS) is 11.9. The quantitative estimate of drug-likeness (QED) is 0.162. The maximum absolute atomic E-state index is 5.40. The predicted molar refractivity (Wildman–Crippen MR) is 242 cm³/mol. The number of rotatable bonds is 5. The molecule has 0 saturated carbocycles. The minimum atomic E-state index is 1.00.